The molecule has 0 spiro atoms. The molecule has 0 saturated carbocycles. The number of aliphatic carboxylic acids is 1. The number of hydrogen-bond donors (Lipinski definition) is 3. The van der Waals surface area contributed by atoms with Crippen LogP contribution in [0.1, 0.15) is 25.1 Å². The van der Waals surface area contributed by atoms with Gasteiger partial charge in [-0.1, -0.05) is 12.1 Å². The maximum absolute atomic E-state index is 11.5. The van der Waals surface area contributed by atoms with Gasteiger partial charge in [0.2, 0.25) is 5.91 Å². The van der Waals surface area contributed by atoms with Gasteiger partial charge in [0.05, 0.1) is 11.0 Å². The number of nitrogens with zero attached hydrogens (tertiary/aromatic N) is 1. The monoisotopic (exact) mass is 275 g/mol. The van der Waals surface area contributed by atoms with Gasteiger partial charge in [0.1, 0.15) is 5.82 Å². The van der Waals surface area contributed by atoms with Gasteiger partial charge in [0.15, 0.2) is 0 Å². The molecule has 1 heterocycles. The summed E-state index contributed by atoms with van der Waals surface area (Å²) in [4.78, 5) is 29.4. The van der Waals surface area contributed by atoms with Crippen molar-refractivity contribution >= 4 is 22.9 Å². The van der Waals surface area contributed by atoms with Crippen molar-refractivity contribution in [3.8, 4) is 0 Å². The first-order chi connectivity index (χ1) is 9.65. The van der Waals surface area contributed by atoms with Crippen LogP contribution in [0, 0.1) is 0 Å². The van der Waals surface area contributed by atoms with Crippen LogP contribution in [0.4, 0.5) is 0 Å². The van der Waals surface area contributed by atoms with E-state index >= 15 is 0 Å². The number of aromatic amines is 1. The zero-order valence-corrected chi connectivity index (χ0v) is 11.1. The van der Waals surface area contributed by atoms with Crippen molar-refractivity contribution in [3.63, 3.8) is 0 Å². The maximum atomic E-state index is 11.5. The maximum Gasteiger partial charge on any atom is 0.303 e. The number of H-pyrrole nitrogens is 1. The Balaban J connectivity index is 1.72. The Kier molecular flexibility index (Phi) is 4.70. The standard InChI is InChI=1S/C14H17N3O3/c18-13(6-3-7-14(19)20)15-9-8-12-16-10-4-1-2-5-11(10)17-12/h1-2,4-5H,3,6-9H2,(H,15,18)(H,16,17)(H,19,20). The molecule has 0 atom stereocenters. The van der Waals surface area contributed by atoms with Gasteiger partial charge in [-0.3, -0.25) is 9.59 Å². The summed E-state index contributed by atoms with van der Waals surface area (Å²) >= 11 is 0. The quantitative estimate of drug-likeness (QED) is 0.713. The third-order valence-corrected chi connectivity index (χ3v) is 2.92. The summed E-state index contributed by atoms with van der Waals surface area (Å²) in [5.41, 5.74) is 1.89. The number of carbonyl (C=O) groups is 2. The predicted molar refractivity (Wildman–Crippen MR) is 74.3 cm³/mol. The van der Waals surface area contributed by atoms with Crippen molar-refractivity contribution in [2.45, 2.75) is 25.7 Å². The van der Waals surface area contributed by atoms with E-state index in [4.69, 9.17) is 5.11 Å². The van der Waals surface area contributed by atoms with E-state index in [1.54, 1.807) is 0 Å². The third kappa shape index (κ3) is 4.08. The molecule has 0 bridgehead atoms. The number of para-hydroxylation sites is 2. The van der Waals surface area contributed by atoms with E-state index in [0.29, 0.717) is 19.4 Å². The molecule has 0 unspecified atom stereocenters. The Morgan fingerprint density at radius 1 is 1.25 bits per heavy atom. The SMILES string of the molecule is O=C(O)CCCC(=O)NCCc1nc2ccccc2[nH]1. The number of nitrogens with one attached hydrogen (secondary N) is 2. The number of hydrogen-bond acceptors (Lipinski definition) is 3. The summed E-state index contributed by atoms with van der Waals surface area (Å²) in [5.74, 6) is -0.167. The number of amides is 1. The highest BCUT2D eigenvalue weighted by molar-refractivity contribution is 5.77. The van der Waals surface area contributed by atoms with Gasteiger partial charge in [-0.05, 0) is 18.6 Å². The molecule has 0 saturated heterocycles. The predicted octanol–water partition coefficient (Wildman–Crippen LogP) is 1.48. The van der Waals surface area contributed by atoms with E-state index in [2.05, 4.69) is 15.3 Å². The smallest absolute Gasteiger partial charge is 0.303 e. The molecule has 6 nitrogen and oxygen atoms in total. The van der Waals surface area contributed by atoms with Gasteiger partial charge in [-0.2, -0.15) is 0 Å². The number of benzene rings is 1. The molecule has 1 aromatic heterocycles. The third-order valence-electron chi connectivity index (χ3n) is 2.92. The normalized spacial score (nSPS) is 10.6. The molecule has 6 heteroatoms. The second kappa shape index (κ2) is 6.70. The van der Waals surface area contributed by atoms with E-state index in [9.17, 15) is 9.59 Å². The fourth-order valence-electron chi connectivity index (χ4n) is 1.93. The molecule has 1 aromatic carbocycles. The van der Waals surface area contributed by atoms with Crippen LogP contribution in [-0.2, 0) is 16.0 Å². The Labute approximate surface area is 116 Å². The second-order valence-electron chi connectivity index (χ2n) is 4.55. The molecule has 0 aliphatic rings. The zero-order valence-electron chi connectivity index (χ0n) is 11.1. The molecule has 1 amide bonds. The minimum atomic E-state index is -0.875. The fraction of sp³-hybridized carbons (Fsp3) is 0.357. The summed E-state index contributed by atoms with van der Waals surface area (Å²) in [5, 5.41) is 11.2. The molecule has 2 aromatic rings. The summed E-state index contributed by atoms with van der Waals surface area (Å²) in [7, 11) is 0. The highest BCUT2D eigenvalue weighted by Crippen LogP contribution is 2.10. The molecule has 0 radical (unpaired) electrons. The second-order valence-corrected chi connectivity index (χ2v) is 4.55. The molecular weight excluding hydrogens is 258 g/mol. The highest BCUT2D eigenvalue weighted by atomic mass is 16.4. The van der Waals surface area contributed by atoms with Crippen LogP contribution in [-0.4, -0.2) is 33.5 Å². The van der Waals surface area contributed by atoms with E-state index < -0.39 is 5.97 Å². The number of aromatic nitrogens is 2. The summed E-state index contributed by atoms with van der Waals surface area (Å²) < 4.78 is 0. The van der Waals surface area contributed by atoms with Crippen LogP contribution in [0.25, 0.3) is 11.0 Å². The zero-order chi connectivity index (χ0) is 14.4. The van der Waals surface area contributed by atoms with Gasteiger partial charge in [-0.25, -0.2) is 4.98 Å². The molecule has 0 fully saturated rings. The van der Waals surface area contributed by atoms with E-state index in [0.717, 1.165) is 16.9 Å². The van der Waals surface area contributed by atoms with Crippen LogP contribution < -0.4 is 5.32 Å². The van der Waals surface area contributed by atoms with Gasteiger partial charge in [-0.15, -0.1) is 0 Å². The van der Waals surface area contributed by atoms with Crippen molar-refractivity contribution in [2.24, 2.45) is 0 Å². The lowest BCUT2D eigenvalue weighted by molar-refractivity contribution is -0.137. The average molecular weight is 275 g/mol. The number of carbonyl (C=O) groups excluding carboxylic acids is 1. The van der Waals surface area contributed by atoms with E-state index in [1.807, 2.05) is 24.3 Å². The molecule has 0 aliphatic heterocycles. The lowest BCUT2D eigenvalue weighted by atomic mass is 10.2. The van der Waals surface area contributed by atoms with Crippen molar-refractivity contribution in [1.29, 1.82) is 0 Å². The number of carboxylic acids is 1. The first kappa shape index (κ1) is 14.0. The lowest BCUT2D eigenvalue weighted by Crippen LogP contribution is -2.25. The van der Waals surface area contributed by atoms with Gasteiger partial charge >= 0.3 is 5.97 Å². The molecule has 2 rings (SSSR count). The number of carboxylic acid groups (broad SMARTS) is 1. The van der Waals surface area contributed by atoms with Crippen molar-refractivity contribution < 1.29 is 14.7 Å². The summed E-state index contributed by atoms with van der Waals surface area (Å²) in [6, 6.07) is 7.75. The molecular formula is C14H17N3O3. The number of rotatable bonds is 7. The Morgan fingerprint density at radius 2 is 2.05 bits per heavy atom. The van der Waals surface area contributed by atoms with Crippen molar-refractivity contribution in [2.75, 3.05) is 6.54 Å². The van der Waals surface area contributed by atoms with Crippen LogP contribution in [0.5, 0.6) is 0 Å². The Bertz CT molecular complexity index is 573. The molecule has 106 valence electrons. The molecule has 20 heavy (non-hydrogen) atoms. The lowest BCUT2D eigenvalue weighted by Gasteiger charge is -2.02. The van der Waals surface area contributed by atoms with Crippen molar-refractivity contribution in [3.05, 3.63) is 30.1 Å². The largest absolute Gasteiger partial charge is 0.481 e. The first-order valence-corrected chi connectivity index (χ1v) is 6.57. The summed E-state index contributed by atoms with van der Waals surface area (Å²) in [6.45, 7) is 0.492. The van der Waals surface area contributed by atoms with Gasteiger partial charge in [0.25, 0.3) is 0 Å². The average Bonchev–Trinajstić information content (AvgIpc) is 2.80. The number of imidazole rings is 1. The van der Waals surface area contributed by atoms with Crippen LogP contribution >= 0.6 is 0 Å². The fourth-order valence-corrected chi connectivity index (χ4v) is 1.93. The highest BCUT2D eigenvalue weighted by Gasteiger charge is 2.05. The Hall–Kier alpha value is -2.37. The van der Waals surface area contributed by atoms with E-state index in [-0.39, 0.29) is 18.7 Å². The van der Waals surface area contributed by atoms with Gasteiger partial charge < -0.3 is 15.4 Å². The van der Waals surface area contributed by atoms with Crippen LogP contribution in [0.15, 0.2) is 24.3 Å². The van der Waals surface area contributed by atoms with Crippen LogP contribution in [0.2, 0.25) is 0 Å². The first-order valence-electron chi connectivity index (χ1n) is 6.57. The van der Waals surface area contributed by atoms with Crippen molar-refractivity contribution in [1.82, 2.24) is 15.3 Å². The topological polar surface area (TPSA) is 95.1 Å². The number of fused-ring (bicyclic) bond motifs is 1. The van der Waals surface area contributed by atoms with E-state index in [1.165, 1.54) is 0 Å². The van der Waals surface area contributed by atoms with Crippen LogP contribution in [0.3, 0.4) is 0 Å². The minimum Gasteiger partial charge on any atom is -0.481 e. The van der Waals surface area contributed by atoms with Gasteiger partial charge in [0, 0.05) is 25.8 Å². The minimum absolute atomic E-state index is 0.0248. The molecule has 3 N–H and O–H groups in total. The molecule has 0 aliphatic carbocycles. The summed E-state index contributed by atoms with van der Waals surface area (Å²) in [6.07, 6.45) is 1.26. The Morgan fingerprint density at radius 3 is 2.80 bits per heavy atom.